The molecule has 0 aliphatic carbocycles. The first-order chi connectivity index (χ1) is 10.2. The molecule has 0 unspecified atom stereocenters. The number of allylic oxidation sites excluding steroid dienone is 1. The Balaban J connectivity index is 2.17. The van der Waals surface area contributed by atoms with E-state index >= 15 is 0 Å². The van der Waals surface area contributed by atoms with Gasteiger partial charge in [0.1, 0.15) is 5.69 Å². The van der Waals surface area contributed by atoms with Gasteiger partial charge >= 0.3 is 0 Å². The number of carbonyl (C=O) groups is 1. The summed E-state index contributed by atoms with van der Waals surface area (Å²) >= 11 is 1.49. The summed E-state index contributed by atoms with van der Waals surface area (Å²) in [7, 11) is 1.73. The van der Waals surface area contributed by atoms with Crippen LogP contribution >= 0.6 is 11.3 Å². The molecule has 0 saturated heterocycles. The summed E-state index contributed by atoms with van der Waals surface area (Å²) in [6.07, 6.45) is 3.39. The zero-order valence-corrected chi connectivity index (χ0v) is 12.4. The van der Waals surface area contributed by atoms with Crippen LogP contribution in [0.25, 0.3) is 10.2 Å². The summed E-state index contributed by atoms with van der Waals surface area (Å²) in [6.45, 7) is 4.38. The van der Waals surface area contributed by atoms with Gasteiger partial charge in [-0.15, -0.1) is 6.58 Å². The molecule has 6 heteroatoms. The van der Waals surface area contributed by atoms with Crippen LogP contribution < -0.4 is 4.80 Å². The maximum absolute atomic E-state index is 12.3. The second kappa shape index (κ2) is 5.49. The monoisotopic (exact) mass is 298 g/mol. The number of thiazole rings is 1. The minimum absolute atomic E-state index is 0.292. The van der Waals surface area contributed by atoms with Gasteiger partial charge in [-0.3, -0.25) is 9.48 Å². The smallest absolute Gasteiger partial charge is 0.297 e. The van der Waals surface area contributed by atoms with Gasteiger partial charge in [0.15, 0.2) is 4.80 Å². The van der Waals surface area contributed by atoms with Crippen molar-refractivity contribution >= 4 is 27.5 Å². The summed E-state index contributed by atoms with van der Waals surface area (Å²) in [5.74, 6) is -0.292. The van der Waals surface area contributed by atoms with Crippen molar-refractivity contribution in [2.45, 2.75) is 6.54 Å². The van der Waals surface area contributed by atoms with Crippen molar-refractivity contribution in [1.82, 2.24) is 14.3 Å². The second-order valence-corrected chi connectivity index (χ2v) is 5.52. The van der Waals surface area contributed by atoms with Gasteiger partial charge in [0.05, 0.1) is 10.2 Å². The average molecular weight is 298 g/mol. The topological polar surface area (TPSA) is 52.2 Å². The van der Waals surface area contributed by atoms with Gasteiger partial charge in [-0.2, -0.15) is 10.1 Å². The Kier molecular flexibility index (Phi) is 3.53. The Labute approximate surface area is 125 Å². The van der Waals surface area contributed by atoms with E-state index in [-0.39, 0.29) is 5.91 Å². The lowest BCUT2D eigenvalue weighted by atomic mass is 10.3. The van der Waals surface area contributed by atoms with Crippen LogP contribution in [0.2, 0.25) is 0 Å². The molecule has 0 fully saturated rings. The highest BCUT2D eigenvalue weighted by Gasteiger charge is 2.10. The van der Waals surface area contributed by atoms with Crippen molar-refractivity contribution in [3.63, 3.8) is 0 Å². The summed E-state index contributed by atoms with van der Waals surface area (Å²) in [6, 6.07) is 9.65. The van der Waals surface area contributed by atoms with E-state index in [0.717, 1.165) is 10.2 Å². The first kappa shape index (κ1) is 13.5. The molecule has 106 valence electrons. The van der Waals surface area contributed by atoms with Crippen molar-refractivity contribution in [2.75, 3.05) is 0 Å². The van der Waals surface area contributed by atoms with Gasteiger partial charge in [-0.05, 0) is 18.2 Å². The number of hydrogen-bond acceptors (Lipinski definition) is 3. The van der Waals surface area contributed by atoms with E-state index < -0.39 is 0 Å². The van der Waals surface area contributed by atoms with Gasteiger partial charge in [0.2, 0.25) is 0 Å². The van der Waals surface area contributed by atoms with E-state index in [4.69, 9.17) is 0 Å². The molecule has 1 amide bonds. The first-order valence-corrected chi connectivity index (χ1v) is 7.28. The Hall–Kier alpha value is -2.47. The van der Waals surface area contributed by atoms with Gasteiger partial charge < -0.3 is 4.57 Å². The van der Waals surface area contributed by atoms with E-state index in [2.05, 4.69) is 16.7 Å². The van der Waals surface area contributed by atoms with Gasteiger partial charge in [-0.1, -0.05) is 29.5 Å². The fraction of sp³-hybridized carbons (Fsp3) is 0.133. The van der Waals surface area contributed by atoms with Crippen LogP contribution in [0, 0.1) is 0 Å². The SMILES string of the molecule is C=CCn1c(=NC(=O)c2ccnn2C)sc2ccccc21. The van der Waals surface area contributed by atoms with E-state index in [0.29, 0.717) is 17.0 Å². The summed E-state index contributed by atoms with van der Waals surface area (Å²) in [4.78, 5) is 17.2. The number of rotatable bonds is 3. The number of hydrogen-bond donors (Lipinski definition) is 0. The Morgan fingerprint density at radius 1 is 1.43 bits per heavy atom. The molecule has 2 heterocycles. The number of aryl methyl sites for hydroxylation is 1. The minimum Gasteiger partial charge on any atom is -0.312 e. The predicted octanol–water partition coefficient (Wildman–Crippen LogP) is 2.36. The molecule has 0 saturated carbocycles. The molecule has 0 N–H and O–H groups in total. The third-order valence-corrected chi connectivity index (χ3v) is 4.20. The van der Waals surface area contributed by atoms with Crippen molar-refractivity contribution < 1.29 is 4.79 Å². The fourth-order valence-corrected chi connectivity index (χ4v) is 3.18. The molecule has 5 nitrogen and oxygen atoms in total. The van der Waals surface area contributed by atoms with E-state index in [1.54, 1.807) is 25.4 Å². The summed E-state index contributed by atoms with van der Waals surface area (Å²) in [5, 5.41) is 4.00. The molecule has 3 aromatic rings. The van der Waals surface area contributed by atoms with Crippen molar-refractivity contribution in [3.8, 4) is 0 Å². The number of benzene rings is 1. The highest BCUT2D eigenvalue weighted by molar-refractivity contribution is 7.16. The molecule has 0 aliphatic rings. The van der Waals surface area contributed by atoms with Gasteiger partial charge in [0.25, 0.3) is 5.91 Å². The molecule has 0 atom stereocenters. The lowest BCUT2D eigenvalue weighted by molar-refractivity contribution is 0.0989. The van der Waals surface area contributed by atoms with Crippen molar-refractivity contribution in [1.29, 1.82) is 0 Å². The molecular weight excluding hydrogens is 284 g/mol. The third kappa shape index (κ3) is 2.45. The van der Waals surface area contributed by atoms with Crippen molar-refractivity contribution in [2.24, 2.45) is 12.0 Å². The van der Waals surface area contributed by atoms with Crippen LogP contribution in [-0.4, -0.2) is 20.3 Å². The molecule has 0 bridgehead atoms. The number of carbonyl (C=O) groups excluding carboxylic acids is 1. The standard InChI is InChI=1S/C15H14N4OS/c1-3-10-19-11-6-4-5-7-13(11)21-15(19)17-14(20)12-8-9-16-18(12)2/h3-9H,1,10H2,2H3. The number of fused-ring (bicyclic) bond motifs is 1. The van der Waals surface area contributed by atoms with E-state index in [1.807, 2.05) is 28.8 Å². The largest absolute Gasteiger partial charge is 0.312 e. The van der Waals surface area contributed by atoms with Crippen LogP contribution in [0.3, 0.4) is 0 Å². The average Bonchev–Trinajstić information content (AvgIpc) is 3.04. The van der Waals surface area contributed by atoms with Crippen LogP contribution in [-0.2, 0) is 13.6 Å². The Morgan fingerprint density at radius 2 is 2.24 bits per heavy atom. The number of para-hydroxylation sites is 1. The molecule has 0 radical (unpaired) electrons. The maximum Gasteiger partial charge on any atom is 0.297 e. The molecular formula is C15H14N4OS. The number of aromatic nitrogens is 3. The van der Waals surface area contributed by atoms with E-state index in [9.17, 15) is 4.79 Å². The minimum atomic E-state index is -0.292. The summed E-state index contributed by atoms with van der Waals surface area (Å²) < 4.78 is 4.61. The zero-order chi connectivity index (χ0) is 14.8. The third-order valence-electron chi connectivity index (χ3n) is 3.14. The van der Waals surface area contributed by atoms with Crippen LogP contribution in [0.15, 0.2) is 54.2 Å². The molecule has 0 aliphatic heterocycles. The lowest BCUT2D eigenvalue weighted by Gasteiger charge is -2.00. The van der Waals surface area contributed by atoms with E-state index in [1.165, 1.54) is 16.0 Å². The highest BCUT2D eigenvalue weighted by atomic mass is 32.1. The maximum atomic E-state index is 12.3. The lowest BCUT2D eigenvalue weighted by Crippen LogP contribution is -2.17. The van der Waals surface area contributed by atoms with Crippen LogP contribution in [0.1, 0.15) is 10.5 Å². The second-order valence-electron chi connectivity index (χ2n) is 4.51. The fourth-order valence-electron chi connectivity index (χ4n) is 2.14. The normalized spacial score (nSPS) is 12.0. The Bertz CT molecular complexity index is 884. The van der Waals surface area contributed by atoms with Gasteiger partial charge in [0, 0.05) is 19.8 Å². The quantitative estimate of drug-likeness (QED) is 0.697. The molecule has 3 rings (SSSR count). The zero-order valence-electron chi connectivity index (χ0n) is 11.6. The van der Waals surface area contributed by atoms with Gasteiger partial charge in [-0.25, -0.2) is 0 Å². The molecule has 2 aromatic heterocycles. The van der Waals surface area contributed by atoms with Crippen LogP contribution in [0.5, 0.6) is 0 Å². The van der Waals surface area contributed by atoms with Crippen LogP contribution in [0.4, 0.5) is 0 Å². The molecule has 21 heavy (non-hydrogen) atoms. The number of nitrogens with zero attached hydrogens (tertiary/aromatic N) is 4. The molecule has 1 aromatic carbocycles. The number of amides is 1. The Morgan fingerprint density at radius 3 is 2.95 bits per heavy atom. The first-order valence-electron chi connectivity index (χ1n) is 6.47. The predicted molar refractivity (Wildman–Crippen MR) is 83.1 cm³/mol. The summed E-state index contributed by atoms with van der Waals surface area (Å²) in [5.41, 5.74) is 1.52. The highest BCUT2D eigenvalue weighted by Crippen LogP contribution is 2.16. The van der Waals surface area contributed by atoms with Crippen molar-refractivity contribution in [3.05, 3.63) is 59.7 Å². The molecule has 0 spiro atoms.